The lowest BCUT2D eigenvalue weighted by molar-refractivity contribution is -0.147. The topological polar surface area (TPSA) is 37.3 Å². The van der Waals surface area contributed by atoms with E-state index >= 15 is 0 Å². The minimum absolute atomic E-state index is 0.547. The Morgan fingerprint density at radius 1 is 0.536 bits per heavy atom. The van der Waals surface area contributed by atoms with E-state index in [0.29, 0.717) is 0 Å². The maximum Gasteiger partial charge on any atom is 0.309 e. The van der Waals surface area contributed by atoms with Crippen molar-refractivity contribution in [3.8, 4) is 0 Å². The Kier molecular flexibility index (Phi) is 19.4. The zero-order chi connectivity index (χ0) is 20.9. The zero-order valence-electron chi connectivity index (χ0n) is 19.7. The lowest BCUT2D eigenvalue weighted by Crippen LogP contribution is -2.23. The molecule has 0 saturated heterocycles. The lowest BCUT2D eigenvalue weighted by Gasteiger charge is -2.18. The fourth-order valence-electron chi connectivity index (χ4n) is 3.93. The van der Waals surface area contributed by atoms with Crippen LogP contribution in [0.3, 0.4) is 0 Å². The van der Waals surface area contributed by atoms with E-state index in [0.717, 1.165) is 12.8 Å². The van der Waals surface area contributed by atoms with Crippen LogP contribution in [-0.4, -0.2) is 11.1 Å². The Bertz CT molecular complexity index is 335. The van der Waals surface area contributed by atoms with Crippen LogP contribution in [0.15, 0.2) is 0 Å². The Morgan fingerprint density at radius 2 is 0.786 bits per heavy atom. The summed E-state index contributed by atoms with van der Waals surface area (Å²) in [6.07, 6.45) is 28.5. The van der Waals surface area contributed by atoms with E-state index in [-0.39, 0.29) is 0 Å². The van der Waals surface area contributed by atoms with Crippen LogP contribution in [0.25, 0.3) is 0 Å². The van der Waals surface area contributed by atoms with Crippen molar-refractivity contribution in [1.82, 2.24) is 0 Å². The Hall–Kier alpha value is -0.530. The van der Waals surface area contributed by atoms with Gasteiger partial charge in [-0.3, -0.25) is 4.79 Å². The summed E-state index contributed by atoms with van der Waals surface area (Å²) in [5, 5.41) is 9.10. The Balaban J connectivity index is 3.12. The summed E-state index contributed by atoms with van der Waals surface area (Å²) in [5.41, 5.74) is -0.547. The summed E-state index contributed by atoms with van der Waals surface area (Å²) >= 11 is 0. The molecule has 168 valence electrons. The average Bonchev–Trinajstić information content (AvgIpc) is 2.66. The van der Waals surface area contributed by atoms with Crippen molar-refractivity contribution < 1.29 is 9.90 Å². The van der Waals surface area contributed by atoms with Crippen LogP contribution < -0.4 is 0 Å². The average molecular weight is 397 g/mol. The van der Waals surface area contributed by atoms with Gasteiger partial charge in [0.05, 0.1) is 5.41 Å². The molecule has 1 N–H and O–H groups in total. The predicted octanol–water partition coefficient (Wildman–Crippen LogP) is 9.31. The Morgan fingerprint density at radius 3 is 1.04 bits per heavy atom. The highest BCUT2D eigenvalue weighted by molar-refractivity contribution is 5.73. The van der Waals surface area contributed by atoms with Gasteiger partial charge in [-0.2, -0.15) is 0 Å². The standard InChI is InChI=1S/C26H52O2/c1-4-5-6-7-8-9-10-11-12-13-14-15-16-17-18-19-20-21-22-23-24-26(2,3)25(27)28/h4-24H2,1-3H3,(H,27,28). The molecule has 0 heterocycles. The molecule has 0 radical (unpaired) electrons. The number of unbranched alkanes of at least 4 members (excludes halogenated alkanes) is 19. The van der Waals surface area contributed by atoms with Gasteiger partial charge in [-0.1, -0.05) is 135 Å². The monoisotopic (exact) mass is 396 g/mol. The summed E-state index contributed by atoms with van der Waals surface area (Å²) < 4.78 is 0. The molecule has 2 heteroatoms. The second-order valence-electron chi connectivity index (χ2n) is 9.66. The smallest absolute Gasteiger partial charge is 0.309 e. The van der Waals surface area contributed by atoms with Gasteiger partial charge in [0, 0.05) is 0 Å². The largest absolute Gasteiger partial charge is 0.481 e. The van der Waals surface area contributed by atoms with E-state index in [1.54, 1.807) is 0 Å². The molecule has 0 bridgehead atoms. The first-order chi connectivity index (χ1) is 13.5. The minimum atomic E-state index is -0.662. The van der Waals surface area contributed by atoms with Gasteiger partial charge in [-0.05, 0) is 20.3 Å². The third-order valence-electron chi connectivity index (χ3n) is 6.23. The van der Waals surface area contributed by atoms with E-state index in [1.807, 2.05) is 13.8 Å². The number of hydrogen-bond donors (Lipinski definition) is 1. The molecule has 2 nitrogen and oxygen atoms in total. The number of hydrogen-bond acceptors (Lipinski definition) is 1. The molecule has 0 spiro atoms. The van der Waals surface area contributed by atoms with E-state index in [9.17, 15) is 4.79 Å². The first-order valence-electron chi connectivity index (χ1n) is 12.7. The second-order valence-corrected chi connectivity index (χ2v) is 9.66. The molecular weight excluding hydrogens is 344 g/mol. The van der Waals surface area contributed by atoms with Crippen molar-refractivity contribution in [3.63, 3.8) is 0 Å². The van der Waals surface area contributed by atoms with Crippen molar-refractivity contribution in [1.29, 1.82) is 0 Å². The predicted molar refractivity (Wildman–Crippen MR) is 124 cm³/mol. The van der Waals surface area contributed by atoms with Crippen molar-refractivity contribution in [2.24, 2.45) is 5.41 Å². The van der Waals surface area contributed by atoms with E-state index in [2.05, 4.69) is 6.92 Å². The van der Waals surface area contributed by atoms with Gasteiger partial charge in [0.1, 0.15) is 0 Å². The second kappa shape index (κ2) is 19.8. The van der Waals surface area contributed by atoms with Crippen molar-refractivity contribution in [2.45, 2.75) is 156 Å². The van der Waals surface area contributed by atoms with Crippen LogP contribution in [0.1, 0.15) is 156 Å². The highest BCUT2D eigenvalue weighted by Crippen LogP contribution is 2.24. The molecule has 0 aliphatic rings. The minimum Gasteiger partial charge on any atom is -0.481 e. The normalized spacial score (nSPS) is 11.8. The first-order valence-corrected chi connectivity index (χ1v) is 12.7. The molecule has 0 atom stereocenters. The third-order valence-corrected chi connectivity index (χ3v) is 6.23. The fraction of sp³-hybridized carbons (Fsp3) is 0.962. The fourth-order valence-corrected chi connectivity index (χ4v) is 3.93. The van der Waals surface area contributed by atoms with Crippen molar-refractivity contribution in [3.05, 3.63) is 0 Å². The van der Waals surface area contributed by atoms with E-state index in [4.69, 9.17) is 5.11 Å². The summed E-state index contributed by atoms with van der Waals surface area (Å²) in [6.45, 7) is 5.96. The van der Waals surface area contributed by atoms with Gasteiger partial charge in [-0.25, -0.2) is 0 Å². The van der Waals surface area contributed by atoms with Crippen LogP contribution in [0.2, 0.25) is 0 Å². The van der Waals surface area contributed by atoms with Crippen LogP contribution in [0.5, 0.6) is 0 Å². The van der Waals surface area contributed by atoms with Gasteiger partial charge in [-0.15, -0.1) is 0 Å². The van der Waals surface area contributed by atoms with Crippen molar-refractivity contribution >= 4 is 5.97 Å². The van der Waals surface area contributed by atoms with Crippen LogP contribution in [-0.2, 0) is 4.79 Å². The maximum absolute atomic E-state index is 11.1. The van der Waals surface area contributed by atoms with Gasteiger partial charge >= 0.3 is 5.97 Å². The molecule has 0 aromatic rings. The summed E-state index contributed by atoms with van der Waals surface area (Å²) in [7, 11) is 0. The van der Waals surface area contributed by atoms with Crippen LogP contribution >= 0.6 is 0 Å². The quantitative estimate of drug-likeness (QED) is 0.185. The molecule has 0 fully saturated rings. The van der Waals surface area contributed by atoms with Gasteiger partial charge in [0.2, 0.25) is 0 Å². The molecule has 0 amide bonds. The molecule has 0 aliphatic heterocycles. The van der Waals surface area contributed by atoms with E-state index in [1.165, 1.54) is 122 Å². The molecule has 0 unspecified atom stereocenters. The van der Waals surface area contributed by atoms with Crippen LogP contribution in [0.4, 0.5) is 0 Å². The van der Waals surface area contributed by atoms with Gasteiger partial charge < -0.3 is 5.11 Å². The number of aliphatic carboxylic acids is 1. The molecule has 0 aliphatic carbocycles. The first kappa shape index (κ1) is 27.5. The Labute approximate surface area is 177 Å². The van der Waals surface area contributed by atoms with E-state index < -0.39 is 11.4 Å². The molecule has 28 heavy (non-hydrogen) atoms. The molecular formula is C26H52O2. The number of carboxylic acid groups (broad SMARTS) is 1. The van der Waals surface area contributed by atoms with Crippen molar-refractivity contribution in [2.75, 3.05) is 0 Å². The highest BCUT2D eigenvalue weighted by Gasteiger charge is 2.25. The SMILES string of the molecule is CCCCCCCCCCCCCCCCCCCCCCC(C)(C)C(=O)O. The number of carboxylic acids is 1. The van der Waals surface area contributed by atoms with Gasteiger partial charge in [0.15, 0.2) is 0 Å². The highest BCUT2D eigenvalue weighted by atomic mass is 16.4. The summed E-state index contributed by atoms with van der Waals surface area (Å²) in [4.78, 5) is 11.1. The molecule has 0 saturated carbocycles. The lowest BCUT2D eigenvalue weighted by atomic mass is 9.87. The zero-order valence-corrected chi connectivity index (χ0v) is 19.7. The molecule has 0 rings (SSSR count). The third kappa shape index (κ3) is 18.8. The summed E-state index contributed by atoms with van der Waals surface area (Å²) in [5.74, 6) is -0.662. The maximum atomic E-state index is 11.1. The van der Waals surface area contributed by atoms with Gasteiger partial charge in [0.25, 0.3) is 0 Å². The number of rotatable bonds is 22. The summed E-state index contributed by atoms with van der Waals surface area (Å²) in [6, 6.07) is 0. The number of carbonyl (C=O) groups is 1. The van der Waals surface area contributed by atoms with Crippen LogP contribution in [0, 0.1) is 5.41 Å². The molecule has 0 aromatic carbocycles. The molecule has 0 aromatic heterocycles.